The molecule has 0 radical (unpaired) electrons. The molecule has 116 valence electrons. The lowest BCUT2D eigenvalue weighted by Crippen LogP contribution is -2.46. The molecule has 1 saturated heterocycles. The van der Waals surface area contributed by atoms with Crippen LogP contribution in [0.2, 0.25) is 0 Å². The lowest BCUT2D eigenvalue weighted by Gasteiger charge is -2.31. The van der Waals surface area contributed by atoms with Gasteiger partial charge in [0.2, 0.25) is 5.91 Å². The number of piperidine rings is 1. The summed E-state index contributed by atoms with van der Waals surface area (Å²) in [6.45, 7) is 3.35. The van der Waals surface area contributed by atoms with E-state index in [-0.39, 0.29) is 24.3 Å². The number of carbonyl (C=O) groups is 3. The van der Waals surface area contributed by atoms with Gasteiger partial charge in [-0.15, -0.1) is 0 Å². The Morgan fingerprint density at radius 1 is 1.27 bits per heavy atom. The van der Waals surface area contributed by atoms with Crippen LogP contribution in [0.3, 0.4) is 0 Å². The summed E-state index contributed by atoms with van der Waals surface area (Å²) in [4.78, 5) is 39.9. The van der Waals surface area contributed by atoms with E-state index in [1.165, 1.54) is 0 Å². The van der Waals surface area contributed by atoms with Crippen molar-refractivity contribution in [3.8, 4) is 0 Å². The maximum Gasteiger partial charge on any atom is 0.262 e. The van der Waals surface area contributed by atoms with E-state index >= 15 is 0 Å². The smallest absolute Gasteiger partial charge is 0.262 e. The van der Waals surface area contributed by atoms with Gasteiger partial charge in [-0.05, 0) is 37.0 Å². The molecule has 3 rings (SSSR count). The zero-order valence-corrected chi connectivity index (χ0v) is 13.9. The van der Waals surface area contributed by atoms with Crippen LogP contribution in [0, 0.1) is 5.92 Å². The van der Waals surface area contributed by atoms with Crippen molar-refractivity contribution in [1.82, 2.24) is 9.80 Å². The Kier molecular flexibility index (Phi) is 4.04. The van der Waals surface area contributed by atoms with Gasteiger partial charge in [0.25, 0.3) is 11.8 Å². The van der Waals surface area contributed by atoms with Gasteiger partial charge in [0.05, 0.1) is 11.1 Å². The molecule has 0 spiro atoms. The predicted molar refractivity (Wildman–Crippen MR) is 84.5 cm³/mol. The molecule has 0 aliphatic carbocycles. The van der Waals surface area contributed by atoms with Gasteiger partial charge in [0.15, 0.2) is 0 Å². The number of rotatable bonds is 2. The molecule has 2 aliphatic heterocycles. The van der Waals surface area contributed by atoms with Gasteiger partial charge in [-0.25, -0.2) is 0 Å². The van der Waals surface area contributed by atoms with Gasteiger partial charge in [-0.1, -0.05) is 22.9 Å². The third kappa shape index (κ3) is 2.67. The highest BCUT2D eigenvalue weighted by Gasteiger charge is 2.37. The monoisotopic (exact) mass is 364 g/mol. The minimum Gasteiger partial charge on any atom is -0.341 e. The number of likely N-dealkylation sites (tertiary alicyclic amines) is 1. The third-order valence-corrected chi connectivity index (χ3v) is 4.73. The largest absolute Gasteiger partial charge is 0.341 e. The SMILES string of the molecule is CC1CCCN(C(=O)CN2C(=O)c3ccc(Br)cc3C2=O)C1. The number of fused-ring (bicyclic) bond motifs is 1. The highest BCUT2D eigenvalue weighted by Crippen LogP contribution is 2.26. The highest BCUT2D eigenvalue weighted by atomic mass is 79.9. The number of carbonyl (C=O) groups excluding carboxylic acids is 3. The first-order valence-electron chi connectivity index (χ1n) is 7.41. The van der Waals surface area contributed by atoms with Crippen molar-refractivity contribution in [3.05, 3.63) is 33.8 Å². The molecule has 1 atom stereocenters. The van der Waals surface area contributed by atoms with Crippen molar-refractivity contribution >= 4 is 33.7 Å². The molecule has 1 unspecified atom stereocenters. The van der Waals surface area contributed by atoms with Crippen LogP contribution in [0.4, 0.5) is 0 Å². The van der Waals surface area contributed by atoms with Gasteiger partial charge >= 0.3 is 0 Å². The summed E-state index contributed by atoms with van der Waals surface area (Å²) in [5.41, 5.74) is 0.729. The topological polar surface area (TPSA) is 57.7 Å². The number of amides is 3. The number of hydrogen-bond acceptors (Lipinski definition) is 3. The summed E-state index contributed by atoms with van der Waals surface area (Å²) in [6.07, 6.45) is 2.09. The zero-order chi connectivity index (χ0) is 15.9. The Bertz CT molecular complexity index is 659. The van der Waals surface area contributed by atoms with Gasteiger partial charge < -0.3 is 4.90 Å². The lowest BCUT2D eigenvalue weighted by atomic mass is 10.0. The van der Waals surface area contributed by atoms with Crippen LogP contribution in [-0.2, 0) is 4.79 Å². The molecule has 0 N–H and O–H groups in total. The number of benzene rings is 1. The van der Waals surface area contributed by atoms with E-state index in [4.69, 9.17) is 0 Å². The van der Waals surface area contributed by atoms with E-state index in [9.17, 15) is 14.4 Å². The molecule has 0 bridgehead atoms. The van der Waals surface area contributed by atoms with Gasteiger partial charge in [-0.3, -0.25) is 19.3 Å². The van der Waals surface area contributed by atoms with Crippen molar-refractivity contribution in [3.63, 3.8) is 0 Å². The molecule has 0 saturated carbocycles. The van der Waals surface area contributed by atoms with E-state index in [1.54, 1.807) is 23.1 Å². The molecule has 3 amide bonds. The van der Waals surface area contributed by atoms with Gasteiger partial charge in [-0.2, -0.15) is 0 Å². The molecule has 1 fully saturated rings. The molecule has 2 heterocycles. The van der Waals surface area contributed by atoms with Crippen LogP contribution in [0.25, 0.3) is 0 Å². The van der Waals surface area contributed by atoms with Crippen molar-refractivity contribution in [2.45, 2.75) is 19.8 Å². The summed E-state index contributed by atoms with van der Waals surface area (Å²) in [5.74, 6) is -0.457. The number of hydrogen-bond donors (Lipinski definition) is 0. The molecular weight excluding hydrogens is 348 g/mol. The molecule has 5 nitrogen and oxygen atoms in total. The number of imide groups is 1. The zero-order valence-electron chi connectivity index (χ0n) is 12.3. The van der Waals surface area contributed by atoms with Crippen LogP contribution in [-0.4, -0.2) is 47.2 Å². The van der Waals surface area contributed by atoms with Crippen LogP contribution >= 0.6 is 15.9 Å². The molecule has 1 aromatic rings. The maximum atomic E-state index is 12.4. The normalized spacial score (nSPS) is 21.3. The minimum atomic E-state index is -0.389. The molecule has 6 heteroatoms. The summed E-state index contributed by atoms with van der Waals surface area (Å²) in [5, 5.41) is 0. The van der Waals surface area contributed by atoms with E-state index < -0.39 is 0 Å². The average molecular weight is 365 g/mol. The lowest BCUT2D eigenvalue weighted by molar-refractivity contribution is -0.133. The first-order chi connectivity index (χ1) is 10.5. The summed E-state index contributed by atoms with van der Waals surface area (Å²) in [7, 11) is 0. The molecule has 1 aromatic carbocycles. The van der Waals surface area contributed by atoms with Crippen LogP contribution in [0.15, 0.2) is 22.7 Å². The fraction of sp³-hybridized carbons (Fsp3) is 0.438. The van der Waals surface area contributed by atoms with Gasteiger partial charge in [0.1, 0.15) is 6.54 Å². The molecule has 2 aliphatic rings. The molecule has 0 aromatic heterocycles. The number of nitrogens with zero attached hydrogens (tertiary/aromatic N) is 2. The first kappa shape index (κ1) is 15.2. The predicted octanol–water partition coefficient (Wildman–Crippen LogP) is 2.30. The molecule has 22 heavy (non-hydrogen) atoms. The van der Waals surface area contributed by atoms with Crippen LogP contribution in [0.5, 0.6) is 0 Å². The average Bonchev–Trinajstić information content (AvgIpc) is 2.72. The van der Waals surface area contributed by atoms with Crippen molar-refractivity contribution in [2.24, 2.45) is 5.92 Å². The van der Waals surface area contributed by atoms with E-state index in [0.717, 1.165) is 22.2 Å². The number of halogens is 1. The Balaban J connectivity index is 1.75. The summed E-state index contributed by atoms with van der Waals surface area (Å²) in [6, 6.07) is 4.97. The highest BCUT2D eigenvalue weighted by molar-refractivity contribution is 9.10. The van der Waals surface area contributed by atoms with Crippen LogP contribution in [0.1, 0.15) is 40.5 Å². The Morgan fingerprint density at radius 2 is 2.00 bits per heavy atom. The van der Waals surface area contributed by atoms with Crippen molar-refractivity contribution in [2.75, 3.05) is 19.6 Å². The molecular formula is C16H17BrN2O3. The quantitative estimate of drug-likeness (QED) is 0.756. The second kappa shape index (κ2) is 5.83. The second-order valence-corrected chi connectivity index (χ2v) is 6.89. The van der Waals surface area contributed by atoms with E-state index in [2.05, 4.69) is 22.9 Å². The van der Waals surface area contributed by atoms with Crippen molar-refractivity contribution in [1.29, 1.82) is 0 Å². The van der Waals surface area contributed by atoms with Crippen LogP contribution < -0.4 is 0 Å². The second-order valence-electron chi connectivity index (χ2n) is 5.97. The summed E-state index contributed by atoms with van der Waals surface area (Å²) >= 11 is 3.30. The van der Waals surface area contributed by atoms with E-state index in [0.29, 0.717) is 30.1 Å². The van der Waals surface area contributed by atoms with Crippen molar-refractivity contribution < 1.29 is 14.4 Å². The fourth-order valence-corrected chi connectivity index (χ4v) is 3.42. The van der Waals surface area contributed by atoms with E-state index in [1.807, 2.05) is 0 Å². The Labute approximate surface area is 137 Å². The summed E-state index contributed by atoms with van der Waals surface area (Å²) < 4.78 is 0.741. The fourth-order valence-electron chi connectivity index (χ4n) is 3.06. The minimum absolute atomic E-state index is 0.153. The first-order valence-corrected chi connectivity index (χ1v) is 8.20. The Morgan fingerprint density at radius 3 is 2.73 bits per heavy atom. The van der Waals surface area contributed by atoms with Gasteiger partial charge in [0, 0.05) is 17.6 Å². The standard InChI is InChI=1S/C16H17BrN2O3/c1-10-3-2-6-18(8-10)14(20)9-19-15(21)12-5-4-11(17)7-13(12)16(19)22/h4-5,7,10H,2-3,6,8-9H2,1H3. The maximum absolute atomic E-state index is 12.4. The third-order valence-electron chi connectivity index (χ3n) is 4.24. The Hall–Kier alpha value is -1.69.